The Bertz CT molecular complexity index is 673. The van der Waals surface area contributed by atoms with Gasteiger partial charge in [-0.25, -0.2) is 0 Å². The van der Waals surface area contributed by atoms with E-state index in [4.69, 9.17) is 4.42 Å². The SMILES string of the molecule is O=C(NCc1ccco1)C1CCN(C(=O)c2cc(Br)c[nH]2)CC1. The Balaban J connectivity index is 1.48. The van der Waals surface area contributed by atoms with Crippen molar-refractivity contribution in [2.24, 2.45) is 5.92 Å². The summed E-state index contributed by atoms with van der Waals surface area (Å²) >= 11 is 3.32. The van der Waals surface area contributed by atoms with Crippen LogP contribution in [0.3, 0.4) is 0 Å². The molecule has 0 saturated carbocycles. The van der Waals surface area contributed by atoms with Gasteiger partial charge in [0.25, 0.3) is 5.91 Å². The number of carbonyl (C=O) groups excluding carboxylic acids is 2. The summed E-state index contributed by atoms with van der Waals surface area (Å²) in [7, 11) is 0. The van der Waals surface area contributed by atoms with Crippen LogP contribution in [0.4, 0.5) is 0 Å². The molecule has 2 amide bonds. The zero-order valence-corrected chi connectivity index (χ0v) is 14.1. The molecule has 0 spiro atoms. The molecule has 122 valence electrons. The van der Waals surface area contributed by atoms with Crippen LogP contribution in [0.1, 0.15) is 29.1 Å². The summed E-state index contributed by atoms with van der Waals surface area (Å²) in [4.78, 5) is 29.2. The van der Waals surface area contributed by atoms with Crippen LogP contribution in [0.25, 0.3) is 0 Å². The van der Waals surface area contributed by atoms with E-state index in [1.807, 2.05) is 6.07 Å². The lowest BCUT2D eigenvalue weighted by Crippen LogP contribution is -2.43. The number of H-pyrrole nitrogens is 1. The van der Waals surface area contributed by atoms with Crippen LogP contribution < -0.4 is 5.32 Å². The average molecular weight is 380 g/mol. The van der Waals surface area contributed by atoms with Crippen LogP contribution in [0, 0.1) is 5.92 Å². The molecule has 6 nitrogen and oxygen atoms in total. The molecular formula is C16H18BrN3O3. The second-order valence-electron chi connectivity index (χ2n) is 5.60. The Morgan fingerprint density at radius 3 is 2.78 bits per heavy atom. The maximum Gasteiger partial charge on any atom is 0.270 e. The molecule has 0 radical (unpaired) electrons. The number of halogens is 1. The molecule has 0 aromatic carbocycles. The summed E-state index contributed by atoms with van der Waals surface area (Å²) in [5, 5.41) is 2.89. The monoisotopic (exact) mass is 379 g/mol. The quantitative estimate of drug-likeness (QED) is 0.856. The molecule has 2 N–H and O–H groups in total. The number of rotatable bonds is 4. The molecule has 0 unspecified atom stereocenters. The van der Waals surface area contributed by atoms with Gasteiger partial charge in [0.1, 0.15) is 11.5 Å². The van der Waals surface area contributed by atoms with Crippen molar-refractivity contribution >= 4 is 27.7 Å². The third-order valence-corrected chi connectivity index (χ3v) is 4.51. The lowest BCUT2D eigenvalue weighted by Gasteiger charge is -2.31. The molecule has 2 aromatic heterocycles. The van der Waals surface area contributed by atoms with Crippen molar-refractivity contribution in [1.29, 1.82) is 0 Å². The van der Waals surface area contributed by atoms with Crippen molar-refractivity contribution in [3.05, 3.63) is 46.6 Å². The van der Waals surface area contributed by atoms with Gasteiger partial charge >= 0.3 is 0 Å². The first-order valence-corrected chi connectivity index (χ1v) is 8.36. The molecule has 1 saturated heterocycles. The smallest absolute Gasteiger partial charge is 0.270 e. The van der Waals surface area contributed by atoms with Crippen molar-refractivity contribution in [1.82, 2.24) is 15.2 Å². The highest BCUT2D eigenvalue weighted by Gasteiger charge is 2.28. The van der Waals surface area contributed by atoms with Gasteiger partial charge in [0.05, 0.1) is 12.8 Å². The highest BCUT2D eigenvalue weighted by molar-refractivity contribution is 9.10. The molecule has 1 aliphatic heterocycles. The largest absolute Gasteiger partial charge is 0.467 e. The van der Waals surface area contributed by atoms with E-state index in [-0.39, 0.29) is 17.7 Å². The Morgan fingerprint density at radius 2 is 2.17 bits per heavy atom. The minimum absolute atomic E-state index is 0.0230. The van der Waals surface area contributed by atoms with E-state index < -0.39 is 0 Å². The van der Waals surface area contributed by atoms with Crippen molar-refractivity contribution in [2.45, 2.75) is 19.4 Å². The third kappa shape index (κ3) is 3.85. The average Bonchev–Trinajstić information content (AvgIpc) is 3.23. The summed E-state index contributed by atoms with van der Waals surface area (Å²) in [5.41, 5.74) is 0.567. The predicted octanol–water partition coefficient (Wildman–Crippen LogP) is 2.54. The molecule has 1 fully saturated rings. The first-order valence-electron chi connectivity index (χ1n) is 7.57. The molecule has 7 heteroatoms. The summed E-state index contributed by atoms with van der Waals surface area (Å²) in [6.07, 6.45) is 4.68. The van der Waals surface area contributed by atoms with E-state index in [0.717, 1.165) is 10.2 Å². The van der Waals surface area contributed by atoms with Gasteiger partial charge in [0.2, 0.25) is 5.91 Å². The number of carbonyl (C=O) groups is 2. The van der Waals surface area contributed by atoms with E-state index in [1.54, 1.807) is 29.5 Å². The van der Waals surface area contributed by atoms with Crippen molar-refractivity contribution < 1.29 is 14.0 Å². The van der Waals surface area contributed by atoms with Crippen molar-refractivity contribution in [3.8, 4) is 0 Å². The fourth-order valence-corrected chi connectivity index (χ4v) is 3.08. The Morgan fingerprint density at radius 1 is 1.39 bits per heavy atom. The van der Waals surface area contributed by atoms with Gasteiger partial charge in [-0.2, -0.15) is 0 Å². The Labute approximate surface area is 142 Å². The van der Waals surface area contributed by atoms with E-state index in [1.165, 1.54) is 0 Å². The van der Waals surface area contributed by atoms with Crippen molar-refractivity contribution in [3.63, 3.8) is 0 Å². The number of hydrogen-bond acceptors (Lipinski definition) is 3. The lowest BCUT2D eigenvalue weighted by atomic mass is 9.95. The molecule has 0 atom stereocenters. The number of hydrogen-bond donors (Lipinski definition) is 2. The third-order valence-electron chi connectivity index (χ3n) is 4.05. The normalized spacial score (nSPS) is 15.6. The van der Waals surface area contributed by atoms with Crippen LogP contribution in [0.2, 0.25) is 0 Å². The van der Waals surface area contributed by atoms with Gasteiger partial charge < -0.3 is 19.6 Å². The number of aromatic nitrogens is 1. The van der Waals surface area contributed by atoms with Gasteiger partial charge in [-0.1, -0.05) is 0 Å². The van der Waals surface area contributed by atoms with Crippen LogP contribution in [0.15, 0.2) is 39.5 Å². The molecular weight excluding hydrogens is 362 g/mol. The fourth-order valence-electron chi connectivity index (χ4n) is 2.74. The highest BCUT2D eigenvalue weighted by Crippen LogP contribution is 2.20. The first-order chi connectivity index (χ1) is 11.1. The molecule has 1 aliphatic rings. The zero-order valence-electron chi connectivity index (χ0n) is 12.5. The van der Waals surface area contributed by atoms with Gasteiger partial charge in [0.15, 0.2) is 0 Å². The lowest BCUT2D eigenvalue weighted by molar-refractivity contribution is -0.126. The fraction of sp³-hybridized carbons (Fsp3) is 0.375. The van der Waals surface area contributed by atoms with Gasteiger partial charge in [-0.15, -0.1) is 0 Å². The Hall–Kier alpha value is -2.02. The second-order valence-corrected chi connectivity index (χ2v) is 6.51. The topological polar surface area (TPSA) is 78.3 Å². The second kappa shape index (κ2) is 7.04. The van der Waals surface area contributed by atoms with Gasteiger partial charge in [-0.05, 0) is 47.0 Å². The number of amides is 2. The number of likely N-dealkylation sites (tertiary alicyclic amines) is 1. The summed E-state index contributed by atoms with van der Waals surface area (Å²) in [6.45, 7) is 1.59. The Kier molecular flexibility index (Phi) is 4.85. The number of nitrogens with one attached hydrogen (secondary N) is 2. The molecule has 0 bridgehead atoms. The van der Waals surface area contributed by atoms with Crippen LogP contribution >= 0.6 is 15.9 Å². The van der Waals surface area contributed by atoms with Crippen molar-refractivity contribution in [2.75, 3.05) is 13.1 Å². The van der Waals surface area contributed by atoms with Crippen LogP contribution in [0.5, 0.6) is 0 Å². The zero-order chi connectivity index (χ0) is 16.2. The summed E-state index contributed by atoms with van der Waals surface area (Å²) < 4.78 is 6.05. The molecule has 23 heavy (non-hydrogen) atoms. The van der Waals surface area contributed by atoms with E-state index in [9.17, 15) is 9.59 Å². The number of furan rings is 1. The summed E-state index contributed by atoms with van der Waals surface area (Å²) in [6, 6.07) is 5.39. The molecule has 3 heterocycles. The standard InChI is InChI=1S/C16H18BrN3O3/c17-12-8-14(18-9-12)16(22)20-5-3-11(4-6-20)15(21)19-10-13-2-1-7-23-13/h1-2,7-9,11,18H,3-6,10H2,(H,19,21). The molecule has 3 rings (SSSR count). The highest BCUT2D eigenvalue weighted by atomic mass is 79.9. The van der Waals surface area contributed by atoms with E-state index in [0.29, 0.717) is 38.2 Å². The first kappa shape index (κ1) is 15.9. The summed E-state index contributed by atoms with van der Waals surface area (Å²) in [5.74, 6) is 0.689. The number of nitrogens with zero attached hydrogens (tertiary/aromatic N) is 1. The maximum absolute atomic E-state index is 12.3. The predicted molar refractivity (Wildman–Crippen MR) is 87.7 cm³/mol. The molecule has 2 aromatic rings. The molecule has 0 aliphatic carbocycles. The number of piperidine rings is 1. The van der Waals surface area contributed by atoms with Gasteiger partial charge in [0, 0.05) is 29.7 Å². The van der Waals surface area contributed by atoms with Crippen LogP contribution in [-0.4, -0.2) is 34.8 Å². The van der Waals surface area contributed by atoms with E-state index in [2.05, 4.69) is 26.2 Å². The number of aromatic amines is 1. The van der Waals surface area contributed by atoms with Gasteiger partial charge in [-0.3, -0.25) is 9.59 Å². The van der Waals surface area contributed by atoms with E-state index >= 15 is 0 Å². The minimum Gasteiger partial charge on any atom is -0.467 e. The van der Waals surface area contributed by atoms with Crippen LogP contribution in [-0.2, 0) is 11.3 Å². The minimum atomic E-state index is -0.0515. The maximum atomic E-state index is 12.3.